The molecule has 0 spiro atoms. The van der Waals surface area contributed by atoms with Gasteiger partial charge < -0.3 is 20.7 Å². The number of ether oxygens (including phenoxy) is 1. The smallest absolute Gasteiger partial charge is 0.224 e. The molecule has 1 aromatic heterocycles. The van der Waals surface area contributed by atoms with Crippen LogP contribution in [-0.2, 0) is 9.53 Å². The number of nitrogens with one attached hydrogen (secondary N) is 3. The Hall–Kier alpha value is -2.67. The average molecular weight is 315 g/mol. The number of benzene rings is 1. The van der Waals surface area contributed by atoms with Gasteiger partial charge in [-0.25, -0.2) is 4.98 Å². The molecule has 0 bridgehead atoms. The van der Waals surface area contributed by atoms with Crippen LogP contribution in [0.15, 0.2) is 36.5 Å². The Bertz CT molecular complexity index is 648. The number of methoxy groups -OCH3 is 1. The van der Waals surface area contributed by atoms with Crippen LogP contribution in [-0.4, -0.2) is 36.1 Å². The van der Waals surface area contributed by atoms with Gasteiger partial charge in [0.15, 0.2) is 0 Å². The molecule has 7 nitrogen and oxygen atoms in total. The van der Waals surface area contributed by atoms with Crippen molar-refractivity contribution in [3.8, 4) is 0 Å². The van der Waals surface area contributed by atoms with Gasteiger partial charge in [-0.15, -0.1) is 0 Å². The van der Waals surface area contributed by atoms with Gasteiger partial charge in [0.05, 0.1) is 0 Å². The van der Waals surface area contributed by atoms with Crippen molar-refractivity contribution in [2.24, 2.45) is 0 Å². The molecule has 0 saturated heterocycles. The largest absolute Gasteiger partial charge is 0.385 e. The molecule has 2 aromatic rings. The van der Waals surface area contributed by atoms with Gasteiger partial charge in [-0.3, -0.25) is 4.79 Å². The lowest BCUT2D eigenvalue weighted by Gasteiger charge is -2.09. The second kappa shape index (κ2) is 8.70. The molecule has 1 aromatic carbocycles. The first-order valence-corrected chi connectivity index (χ1v) is 7.38. The van der Waals surface area contributed by atoms with Crippen molar-refractivity contribution in [3.63, 3.8) is 0 Å². The molecule has 1 amide bonds. The van der Waals surface area contributed by atoms with Crippen LogP contribution >= 0.6 is 0 Å². The SMILES string of the molecule is COCCCNc1nccc(Nc2cccc(NC(C)=O)c2)n1. The van der Waals surface area contributed by atoms with Gasteiger partial charge >= 0.3 is 0 Å². The van der Waals surface area contributed by atoms with Crippen molar-refractivity contribution in [1.29, 1.82) is 0 Å². The predicted octanol–water partition coefficient (Wildman–Crippen LogP) is 2.63. The minimum Gasteiger partial charge on any atom is -0.385 e. The van der Waals surface area contributed by atoms with E-state index >= 15 is 0 Å². The maximum atomic E-state index is 11.1. The highest BCUT2D eigenvalue weighted by atomic mass is 16.5. The molecule has 0 radical (unpaired) electrons. The predicted molar refractivity (Wildman–Crippen MR) is 91.0 cm³/mol. The van der Waals surface area contributed by atoms with E-state index in [1.807, 2.05) is 24.3 Å². The quantitative estimate of drug-likeness (QED) is 0.649. The van der Waals surface area contributed by atoms with Crippen LogP contribution in [0.4, 0.5) is 23.1 Å². The van der Waals surface area contributed by atoms with Crippen LogP contribution in [0.1, 0.15) is 13.3 Å². The zero-order valence-corrected chi connectivity index (χ0v) is 13.3. The van der Waals surface area contributed by atoms with Crippen molar-refractivity contribution >= 4 is 29.0 Å². The van der Waals surface area contributed by atoms with Crippen LogP contribution in [0.25, 0.3) is 0 Å². The minimum atomic E-state index is -0.105. The first-order chi connectivity index (χ1) is 11.2. The first-order valence-electron chi connectivity index (χ1n) is 7.38. The molecule has 3 N–H and O–H groups in total. The molecule has 0 atom stereocenters. The normalized spacial score (nSPS) is 10.2. The Balaban J connectivity index is 1.98. The topological polar surface area (TPSA) is 88.2 Å². The lowest BCUT2D eigenvalue weighted by Crippen LogP contribution is -2.08. The number of aromatic nitrogens is 2. The zero-order valence-electron chi connectivity index (χ0n) is 13.3. The molecule has 0 unspecified atom stereocenters. The average Bonchev–Trinajstić information content (AvgIpc) is 2.52. The van der Waals surface area contributed by atoms with Crippen molar-refractivity contribution < 1.29 is 9.53 Å². The van der Waals surface area contributed by atoms with E-state index in [9.17, 15) is 4.79 Å². The van der Waals surface area contributed by atoms with Crippen molar-refractivity contribution in [2.75, 3.05) is 36.2 Å². The Kier molecular flexibility index (Phi) is 6.31. The van der Waals surface area contributed by atoms with E-state index in [0.29, 0.717) is 18.4 Å². The van der Waals surface area contributed by atoms with Crippen LogP contribution in [0.5, 0.6) is 0 Å². The molecule has 0 aliphatic heterocycles. The Labute approximate surface area is 135 Å². The van der Waals surface area contributed by atoms with E-state index in [2.05, 4.69) is 25.9 Å². The van der Waals surface area contributed by atoms with Gasteiger partial charge in [0.1, 0.15) is 5.82 Å². The summed E-state index contributed by atoms with van der Waals surface area (Å²) >= 11 is 0. The molecule has 0 saturated carbocycles. The van der Waals surface area contributed by atoms with Gasteiger partial charge in [0.25, 0.3) is 0 Å². The fourth-order valence-electron chi connectivity index (χ4n) is 1.96. The maximum Gasteiger partial charge on any atom is 0.224 e. The third-order valence-electron chi connectivity index (χ3n) is 2.92. The number of carbonyl (C=O) groups is 1. The summed E-state index contributed by atoms with van der Waals surface area (Å²) in [6.45, 7) is 2.92. The zero-order chi connectivity index (χ0) is 16.5. The number of rotatable bonds is 8. The van der Waals surface area contributed by atoms with E-state index in [1.54, 1.807) is 19.4 Å². The molecule has 7 heteroatoms. The van der Waals surface area contributed by atoms with Gasteiger partial charge in [0, 0.05) is 44.8 Å². The Morgan fingerprint density at radius 2 is 2.09 bits per heavy atom. The van der Waals surface area contributed by atoms with E-state index in [0.717, 1.165) is 24.3 Å². The number of hydrogen-bond donors (Lipinski definition) is 3. The van der Waals surface area contributed by atoms with Crippen LogP contribution < -0.4 is 16.0 Å². The van der Waals surface area contributed by atoms with E-state index in [-0.39, 0.29) is 5.91 Å². The number of anilines is 4. The fourth-order valence-corrected chi connectivity index (χ4v) is 1.96. The van der Waals surface area contributed by atoms with E-state index < -0.39 is 0 Å². The maximum absolute atomic E-state index is 11.1. The summed E-state index contributed by atoms with van der Waals surface area (Å²) in [5.41, 5.74) is 1.56. The number of nitrogens with zero attached hydrogens (tertiary/aromatic N) is 2. The molecule has 23 heavy (non-hydrogen) atoms. The molecule has 0 aliphatic rings. The summed E-state index contributed by atoms with van der Waals surface area (Å²) in [7, 11) is 1.68. The standard InChI is InChI=1S/C16H21N5O2/c1-12(22)19-13-5-3-6-14(11-13)20-15-7-9-18-16(21-15)17-8-4-10-23-2/h3,5-7,9,11H,4,8,10H2,1-2H3,(H,19,22)(H2,17,18,20,21). The van der Waals surface area contributed by atoms with Crippen LogP contribution in [0.2, 0.25) is 0 Å². The van der Waals surface area contributed by atoms with Gasteiger partial charge in [-0.2, -0.15) is 4.98 Å². The summed E-state index contributed by atoms with van der Waals surface area (Å²) in [5, 5.41) is 9.08. The van der Waals surface area contributed by atoms with E-state index in [1.165, 1.54) is 6.92 Å². The van der Waals surface area contributed by atoms with Crippen LogP contribution in [0, 0.1) is 0 Å². The molecule has 2 rings (SSSR count). The lowest BCUT2D eigenvalue weighted by molar-refractivity contribution is -0.114. The van der Waals surface area contributed by atoms with Crippen molar-refractivity contribution in [2.45, 2.75) is 13.3 Å². The molecule has 122 valence electrons. The van der Waals surface area contributed by atoms with Crippen LogP contribution in [0.3, 0.4) is 0 Å². The van der Waals surface area contributed by atoms with E-state index in [4.69, 9.17) is 4.74 Å². The number of amides is 1. The second-order valence-corrected chi connectivity index (χ2v) is 4.93. The van der Waals surface area contributed by atoms with Gasteiger partial charge in [0.2, 0.25) is 11.9 Å². The van der Waals surface area contributed by atoms with Gasteiger partial charge in [-0.05, 0) is 30.7 Å². The summed E-state index contributed by atoms with van der Waals surface area (Å²) in [5.74, 6) is 1.13. The lowest BCUT2D eigenvalue weighted by atomic mass is 10.2. The summed E-state index contributed by atoms with van der Waals surface area (Å²) in [4.78, 5) is 19.7. The Morgan fingerprint density at radius 1 is 1.26 bits per heavy atom. The Morgan fingerprint density at radius 3 is 2.87 bits per heavy atom. The third-order valence-corrected chi connectivity index (χ3v) is 2.92. The summed E-state index contributed by atoms with van der Waals surface area (Å²) in [6, 6.07) is 9.22. The molecule has 0 fully saturated rings. The summed E-state index contributed by atoms with van der Waals surface area (Å²) in [6.07, 6.45) is 2.57. The van der Waals surface area contributed by atoms with Crippen molar-refractivity contribution in [3.05, 3.63) is 36.5 Å². The second-order valence-electron chi connectivity index (χ2n) is 4.93. The molecular weight excluding hydrogens is 294 g/mol. The summed E-state index contributed by atoms with van der Waals surface area (Å²) < 4.78 is 5.00. The number of carbonyl (C=O) groups excluding carboxylic acids is 1. The molecule has 0 aliphatic carbocycles. The monoisotopic (exact) mass is 315 g/mol. The van der Waals surface area contributed by atoms with Gasteiger partial charge in [-0.1, -0.05) is 6.07 Å². The molecule has 1 heterocycles. The number of hydrogen-bond acceptors (Lipinski definition) is 6. The first kappa shape index (κ1) is 16.7. The fraction of sp³-hybridized carbons (Fsp3) is 0.312. The highest BCUT2D eigenvalue weighted by molar-refractivity contribution is 5.89. The molecular formula is C16H21N5O2. The highest BCUT2D eigenvalue weighted by Gasteiger charge is 2.01. The third kappa shape index (κ3) is 5.91. The minimum absolute atomic E-state index is 0.105. The highest BCUT2D eigenvalue weighted by Crippen LogP contribution is 2.19. The van der Waals surface area contributed by atoms with Crippen molar-refractivity contribution in [1.82, 2.24) is 9.97 Å².